The lowest BCUT2D eigenvalue weighted by Crippen LogP contribution is -2.51. The fourth-order valence-corrected chi connectivity index (χ4v) is 4.08. The predicted octanol–water partition coefficient (Wildman–Crippen LogP) is 3.74. The molecule has 5 atom stereocenters. The van der Waals surface area contributed by atoms with Gasteiger partial charge in [-0.05, 0) is 36.7 Å². The normalized spacial score (nSPS) is 43.1. The zero-order chi connectivity index (χ0) is 14.2. The summed E-state index contributed by atoms with van der Waals surface area (Å²) >= 11 is 0. The van der Waals surface area contributed by atoms with Crippen molar-refractivity contribution in [2.45, 2.75) is 65.9 Å². The summed E-state index contributed by atoms with van der Waals surface area (Å²) in [6.45, 7) is 8.57. The topological polar surface area (TPSA) is 37.3 Å². The van der Waals surface area contributed by atoms with Crippen molar-refractivity contribution in [3.05, 3.63) is 11.6 Å². The molecule has 2 nitrogen and oxygen atoms in total. The molecule has 0 spiro atoms. The van der Waals surface area contributed by atoms with E-state index in [4.69, 9.17) is 0 Å². The van der Waals surface area contributed by atoms with Gasteiger partial charge in [0.25, 0.3) is 0 Å². The lowest BCUT2D eigenvalue weighted by atomic mass is 9.54. The summed E-state index contributed by atoms with van der Waals surface area (Å²) in [5, 5.41) is 10.4. The van der Waals surface area contributed by atoms with Crippen LogP contribution in [0.25, 0.3) is 0 Å². The van der Waals surface area contributed by atoms with Gasteiger partial charge in [-0.1, -0.05) is 46.6 Å². The number of carbonyl (C=O) groups excluding carboxylic acids is 1. The Morgan fingerprint density at radius 2 is 2.16 bits per heavy atom. The van der Waals surface area contributed by atoms with E-state index in [9.17, 15) is 9.90 Å². The van der Waals surface area contributed by atoms with Gasteiger partial charge in [0.15, 0.2) is 5.78 Å². The number of fused-ring (bicyclic) bond motifs is 1. The summed E-state index contributed by atoms with van der Waals surface area (Å²) in [5.41, 5.74) is 0.881. The molecular weight excluding hydrogens is 236 g/mol. The highest BCUT2D eigenvalue weighted by Gasteiger charge is 2.51. The highest BCUT2D eigenvalue weighted by molar-refractivity contribution is 5.98. The number of Topliss-reactive ketones (excluding diaryl/α,β-unsaturated/α-hetero) is 1. The smallest absolute Gasteiger partial charge is 0.161 e. The largest absolute Gasteiger partial charge is 0.393 e. The zero-order valence-electron chi connectivity index (χ0n) is 12.8. The molecule has 0 aromatic rings. The molecule has 19 heavy (non-hydrogen) atoms. The van der Waals surface area contributed by atoms with Crippen LogP contribution in [-0.2, 0) is 4.79 Å². The van der Waals surface area contributed by atoms with Crippen LogP contribution in [0.15, 0.2) is 11.6 Å². The van der Waals surface area contributed by atoms with E-state index in [1.807, 2.05) is 0 Å². The molecule has 0 saturated heterocycles. The van der Waals surface area contributed by atoms with E-state index in [-0.39, 0.29) is 17.4 Å². The van der Waals surface area contributed by atoms with Gasteiger partial charge in [-0.3, -0.25) is 4.79 Å². The van der Waals surface area contributed by atoms with Gasteiger partial charge >= 0.3 is 0 Å². The Morgan fingerprint density at radius 3 is 2.79 bits per heavy atom. The summed E-state index contributed by atoms with van der Waals surface area (Å²) in [6.07, 6.45) is 6.79. The summed E-state index contributed by atoms with van der Waals surface area (Å²) in [4.78, 5) is 12.5. The maximum Gasteiger partial charge on any atom is 0.161 e. The fraction of sp³-hybridized carbons (Fsp3) is 0.824. The molecule has 108 valence electrons. The monoisotopic (exact) mass is 264 g/mol. The van der Waals surface area contributed by atoms with Crippen molar-refractivity contribution in [1.29, 1.82) is 0 Å². The molecule has 0 aromatic heterocycles. The molecule has 1 N–H and O–H groups in total. The van der Waals surface area contributed by atoms with Crippen LogP contribution in [0.2, 0.25) is 0 Å². The van der Waals surface area contributed by atoms with Gasteiger partial charge in [0.1, 0.15) is 0 Å². The molecule has 2 saturated carbocycles. The number of hydrogen-bond acceptors (Lipinski definition) is 2. The molecule has 0 amide bonds. The van der Waals surface area contributed by atoms with Crippen LogP contribution in [0.3, 0.4) is 0 Å². The highest BCUT2D eigenvalue weighted by atomic mass is 16.3. The van der Waals surface area contributed by atoms with Crippen molar-refractivity contribution in [2.24, 2.45) is 23.2 Å². The third kappa shape index (κ3) is 2.52. The van der Waals surface area contributed by atoms with Gasteiger partial charge < -0.3 is 5.11 Å². The van der Waals surface area contributed by atoms with Crippen molar-refractivity contribution in [3.63, 3.8) is 0 Å². The van der Waals surface area contributed by atoms with Gasteiger partial charge in [0.2, 0.25) is 0 Å². The van der Waals surface area contributed by atoms with Crippen LogP contribution in [0, 0.1) is 23.2 Å². The van der Waals surface area contributed by atoms with Gasteiger partial charge in [0.05, 0.1) is 6.10 Å². The highest BCUT2D eigenvalue weighted by Crippen LogP contribution is 2.53. The predicted molar refractivity (Wildman–Crippen MR) is 77.8 cm³/mol. The number of carbonyl (C=O) groups is 1. The lowest BCUT2D eigenvalue weighted by molar-refractivity contribution is -0.133. The first-order valence-corrected chi connectivity index (χ1v) is 7.83. The number of allylic oxidation sites excluding steroid dienone is 2. The van der Waals surface area contributed by atoms with Crippen LogP contribution < -0.4 is 0 Å². The average molecular weight is 264 g/mol. The third-order valence-electron chi connectivity index (χ3n) is 5.64. The molecule has 0 heterocycles. The molecule has 0 radical (unpaired) electrons. The lowest BCUT2D eigenvalue weighted by Gasteiger charge is -2.51. The van der Waals surface area contributed by atoms with Crippen LogP contribution in [0.5, 0.6) is 0 Å². The van der Waals surface area contributed by atoms with Crippen molar-refractivity contribution in [3.8, 4) is 0 Å². The Labute approximate surface area is 117 Å². The Bertz CT molecular complexity index is 385. The molecule has 3 unspecified atom stereocenters. The molecule has 0 aliphatic heterocycles. The van der Waals surface area contributed by atoms with E-state index in [1.54, 1.807) is 0 Å². The van der Waals surface area contributed by atoms with Crippen molar-refractivity contribution in [2.75, 3.05) is 0 Å². The van der Waals surface area contributed by atoms with Crippen molar-refractivity contribution in [1.82, 2.24) is 0 Å². The Balaban J connectivity index is 2.32. The molecule has 2 fully saturated rings. The van der Waals surface area contributed by atoms with E-state index >= 15 is 0 Å². The molecular formula is C17H28O2. The van der Waals surface area contributed by atoms with Crippen LogP contribution in [0.1, 0.15) is 59.8 Å². The van der Waals surface area contributed by atoms with E-state index in [1.165, 1.54) is 0 Å². The minimum absolute atomic E-state index is 0.0732. The molecule has 2 aliphatic carbocycles. The van der Waals surface area contributed by atoms with E-state index in [0.29, 0.717) is 17.6 Å². The summed E-state index contributed by atoms with van der Waals surface area (Å²) in [5.74, 6) is 1.21. The first kappa shape index (κ1) is 14.8. The maximum atomic E-state index is 12.5. The van der Waals surface area contributed by atoms with Crippen LogP contribution in [0.4, 0.5) is 0 Å². The standard InChI is InChI=1S/C17H28O2/c1-5-11(2)9-13-10-17(4)14(12(3)16(13)19)7-6-8-15(17)18/h9,11-12,14-15,18H,5-8,10H2,1-4H3/t11?,12?,14?,15-,17-/m0/s1. The molecule has 0 aromatic carbocycles. The first-order chi connectivity index (χ1) is 8.90. The number of ketones is 1. The average Bonchev–Trinajstić information content (AvgIpc) is 2.38. The minimum atomic E-state index is -0.248. The van der Waals surface area contributed by atoms with E-state index in [2.05, 4.69) is 33.8 Å². The molecule has 0 bridgehead atoms. The quantitative estimate of drug-likeness (QED) is 0.772. The summed E-state index contributed by atoms with van der Waals surface area (Å²) in [7, 11) is 0. The van der Waals surface area contributed by atoms with Gasteiger partial charge in [0, 0.05) is 11.3 Å². The number of aliphatic hydroxyl groups excluding tert-OH is 1. The minimum Gasteiger partial charge on any atom is -0.393 e. The van der Waals surface area contributed by atoms with Gasteiger partial charge in [-0.15, -0.1) is 0 Å². The number of rotatable bonds is 2. The van der Waals surface area contributed by atoms with Crippen molar-refractivity contribution < 1.29 is 9.90 Å². The molecule has 2 aliphatic rings. The number of hydrogen-bond donors (Lipinski definition) is 1. The zero-order valence-corrected chi connectivity index (χ0v) is 12.8. The van der Waals surface area contributed by atoms with Gasteiger partial charge in [-0.2, -0.15) is 0 Å². The SMILES string of the molecule is CCC(C)C=C1C[C@@]2(C)C(CCC[C@@H]2O)C(C)C1=O. The Kier molecular flexibility index (Phi) is 4.20. The summed E-state index contributed by atoms with van der Waals surface area (Å²) in [6, 6.07) is 0. The Hall–Kier alpha value is -0.630. The fourth-order valence-electron chi connectivity index (χ4n) is 4.08. The molecule has 2 rings (SSSR count). The van der Waals surface area contributed by atoms with Crippen molar-refractivity contribution >= 4 is 5.78 Å². The van der Waals surface area contributed by atoms with E-state index in [0.717, 1.165) is 37.7 Å². The van der Waals surface area contributed by atoms with E-state index < -0.39 is 0 Å². The second kappa shape index (κ2) is 5.40. The molecule has 2 heteroatoms. The maximum absolute atomic E-state index is 12.5. The van der Waals surface area contributed by atoms with Crippen LogP contribution in [-0.4, -0.2) is 17.0 Å². The number of aliphatic hydroxyl groups is 1. The third-order valence-corrected chi connectivity index (χ3v) is 5.64. The first-order valence-electron chi connectivity index (χ1n) is 7.83. The second-order valence-corrected chi connectivity index (χ2v) is 6.97. The Morgan fingerprint density at radius 1 is 1.47 bits per heavy atom. The van der Waals surface area contributed by atoms with Gasteiger partial charge in [-0.25, -0.2) is 0 Å². The summed E-state index contributed by atoms with van der Waals surface area (Å²) < 4.78 is 0. The van der Waals surface area contributed by atoms with Crippen LogP contribution >= 0.6 is 0 Å². The second-order valence-electron chi connectivity index (χ2n) is 6.97.